The van der Waals surface area contributed by atoms with E-state index in [1.165, 1.54) is 12.7 Å². The van der Waals surface area contributed by atoms with Crippen molar-refractivity contribution in [3.05, 3.63) is 35.9 Å². The Morgan fingerprint density at radius 2 is 2.06 bits per heavy atom. The number of thioether (sulfide) groups is 1. The maximum absolute atomic E-state index is 11.9. The van der Waals surface area contributed by atoms with Crippen LogP contribution in [-0.2, 0) is 4.74 Å². The third-order valence-corrected chi connectivity index (χ3v) is 4.83. The zero-order valence-corrected chi connectivity index (χ0v) is 11.8. The van der Waals surface area contributed by atoms with Crippen LogP contribution in [0.25, 0.3) is 0 Å². The number of hydrogen-bond donors (Lipinski definition) is 0. The number of carbonyl (C=O) groups is 1. The summed E-state index contributed by atoms with van der Waals surface area (Å²) in [6, 6.07) is 10.3. The van der Waals surface area contributed by atoms with E-state index in [0.717, 1.165) is 6.54 Å². The molecule has 0 saturated carbocycles. The zero-order chi connectivity index (χ0) is 13.1. The molecule has 4 heteroatoms. The van der Waals surface area contributed by atoms with Gasteiger partial charge in [0, 0.05) is 11.8 Å². The van der Waals surface area contributed by atoms with Crippen molar-refractivity contribution in [2.45, 2.75) is 18.2 Å². The van der Waals surface area contributed by atoms with Gasteiger partial charge in [-0.25, -0.2) is 4.79 Å². The molecule has 1 heterocycles. The fourth-order valence-corrected chi connectivity index (χ4v) is 3.58. The SMILES string of the molecule is COC(=O)N1CC(SC)[C@H](C)[C@@H]1c1ccccc1. The van der Waals surface area contributed by atoms with Gasteiger partial charge in [-0.1, -0.05) is 37.3 Å². The van der Waals surface area contributed by atoms with E-state index in [9.17, 15) is 4.79 Å². The van der Waals surface area contributed by atoms with Gasteiger partial charge in [-0.2, -0.15) is 11.8 Å². The molecule has 18 heavy (non-hydrogen) atoms. The molecule has 1 fully saturated rings. The van der Waals surface area contributed by atoms with E-state index >= 15 is 0 Å². The number of benzene rings is 1. The molecule has 3 atom stereocenters. The maximum atomic E-state index is 11.9. The van der Waals surface area contributed by atoms with Crippen LogP contribution in [0, 0.1) is 5.92 Å². The zero-order valence-electron chi connectivity index (χ0n) is 11.0. The first kappa shape index (κ1) is 13.3. The van der Waals surface area contributed by atoms with Crippen molar-refractivity contribution in [3.8, 4) is 0 Å². The van der Waals surface area contributed by atoms with Gasteiger partial charge < -0.3 is 4.74 Å². The van der Waals surface area contributed by atoms with Gasteiger partial charge in [-0.15, -0.1) is 0 Å². The predicted octanol–water partition coefficient (Wildman–Crippen LogP) is 3.18. The molecule has 3 nitrogen and oxygen atoms in total. The van der Waals surface area contributed by atoms with Gasteiger partial charge in [0.15, 0.2) is 0 Å². The Labute approximate surface area is 113 Å². The van der Waals surface area contributed by atoms with Crippen molar-refractivity contribution >= 4 is 17.9 Å². The van der Waals surface area contributed by atoms with Crippen LogP contribution in [-0.4, -0.2) is 36.2 Å². The Balaban J connectivity index is 2.31. The summed E-state index contributed by atoms with van der Waals surface area (Å²) in [6.07, 6.45) is 1.87. The summed E-state index contributed by atoms with van der Waals surface area (Å²) in [5, 5.41) is 0.467. The van der Waals surface area contributed by atoms with E-state index in [1.807, 2.05) is 34.9 Å². The summed E-state index contributed by atoms with van der Waals surface area (Å²) < 4.78 is 4.90. The minimum absolute atomic E-state index is 0.121. The topological polar surface area (TPSA) is 29.5 Å². The molecule has 0 N–H and O–H groups in total. The number of rotatable bonds is 2. The van der Waals surface area contributed by atoms with Gasteiger partial charge in [0.1, 0.15) is 0 Å². The largest absolute Gasteiger partial charge is 0.453 e. The maximum Gasteiger partial charge on any atom is 0.410 e. The minimum atomic E-state index is -0.229. The Bertz CT molecular complexity index is 410. The average molecular weight is 265 g/mol. The quantitative estimate of drug-likeness (QED) is 0.822. The highest BCUT2D eigenvalue weighted by Crippen LogP contribution is 2.41. The van der Waals surface area contributed by atoms with E-state index < -0.39 is 0 Å². The van der Waals surface area contributed by atoms with Gasteiger partial charge in [0.05, 0.1) is 13.2 Å². The lowest BCUT2D eigenvalue weighted by Crippen LogP contribution is -2.31. The van der Waals surface area contributed by atoms with Crippen LogP contribution in [0.5, 0.6) is 0 Å². The normalized spacial score (nSPS) is 27.3. The second-order valence-electron chi connectivity index (χ2n) is 4.61. The third kappa shape index (κ3) is 2.34. The van der Waals surface area contributed by atoms with Crippen molar-refractivity contribution in [3.63, 3.8) is 0 Å². The fourth-order valence-electron chi connectivity index (χ4n) is 2.69. The Kier molecular flexibility index (Phi) is 4.17. The van der Waals surface area contributed by atoms with Crippen LogP contribution in [0.3, 0.4) is 0 Å². The number of nitrogens with zero attached hydrogens (tertiary/aromatic N) is 1. The van der Waals surface area contributed by atoms with Gasteiger partial charge in [-0.3, -0.25) is 4.90 Å². The molecule has 0 bridgehead atoms. The Morgan fingerprint density at radius 1 is 1.39 bits per heavy atom. The highest BCUT2D eigenvalue weighted by Gasteiger charge is 2.42. The average Bonchev–Trinajstić information content (AvgIpc) is 2.75. The number of carbonyl (C=O) groups excluding carboxylic acids is 1. The van der Waals surface area contributed by atoms with E-state index in [1.54, 1.807) is 0 Å². The second-order valence-corrected chi connectivity index (χ2v) is 5.69. The van der Waals surface area contributed by atoms with Crippen LogP contribution >= 0.6 is 11.8 Å². The molecule has 0 aromatic heterocycles. The smallest absolute Gasteiger partial charge is 0.410 e. The van der Waals surface area contributed by atoms with Crippen LogP contribution in [0.4, 0.5) is 4.79 Å². The summed E-state index contributed by atoms with van der Waals surface area (Å²) in [5.41, 5.74) is 1.19. The van der Waals surface area contributed by atoms with Crippen molar-refractivity contribution < 1.29 is 9.53 Å². The second kappa shape index (κ2) is 5.65. The van der Waals surface area contributed by atoms with Crippen LogP contribution in [0.15, 0.2) is 30.3 Å². The molecule has 1 unspecified atom stereocenters. The lowest BCUT2D eigenvalue weighted by atomic mass is 9.95. The lowest BCUT2D eigenvalue weighted by Gasteiger charge is -2.26. The van der Waals surface area contributed by atoms with Crippen molar-refractivity contribution in [2.24, 2.45) is 5.92 Å². The number of amides is 1. The summed E-state index contributed by atoms with van der Waals surface area (Å²) in [7, 11) is 1.45. The van der Waals surface area contributed by atoms with Crippen molar-refractivity contribution in [2.75, 3.05) is 19.9 Å². The Hall–Kier alpha value is -1.16. The Morgan fingerprint density at radius 3 is 2.61 bits per heavy atom. The van der Waals surface area contributed by atoms with Gasteiger partial charge in [0.25, 0.3) is 0 Å². The summed E-state index contributed by atoms with van der Waals surface area (Å²) in [5.74, 6) is 0.432. The molecule has 1 aromatic rings. The number of methoxy groups -OCH3 is 1. The standard InChI is InChI=1S/C14H19NO2S/c1-10-12(18-3)9-15(14(16)17-2)13(10)11-7-5-4-6-8-11/h4-8,10,12-13H,9H2,1-3H3/t10-,12?,13+/m0/s1. The molecule has 1 aliphatic heterocycles. The molecule has 0 spiro atoms. The van der Waals surface area contributed by atoms with Crippen LogP contribution in [0.1, 0.15) is 18.5 Å². The van der Waals surface area contributed by atoms with Crippen molar-refractivity contribution in [1.29, 1.82) is 0 Å². The molecule has 0 radical (unpaired) electrons. The number of likely N-dealkylation sites (tertiary alicyclic amines) is 1. The third-order valence-electron chi connectivity index (χ3n) is 3.65. The minimum Gasteiger partial charge on any atom is -0.453 e. The molecule has 1 aromatic carbocycles. The molecule has 2 rings (SSSR count). The summed E-state index contributed by atoms with van der Waals surface area (Å²) in [4.78, 5) is 13.7. The van der Waals surface area contributed by atoms with Gasteiger partial charge in [-0.05, 0) is 17.7 Å². The van der Waals surface area contributed by atoms with Gasteiger partial charge >= 0.3 is 6.09 Å². The lowest BCUT2D eigenvalue weighted by molar-refractivity contribution is 0.115. The summed E-state index contributed by atoms with van der Waals surface area (Å²) >= 11 is 1.82. The number of ether oxygens (including phenoxy) is 1. The highest BCUT2D eigenvalue weighted by atomic mass is 32.2. The van der Waals surface area contributed by atoms with E-state index in [2.05, 4.69) is 25.3 Å². The highest BCUT2D eigenvalue weighted by molar-refractivity contribution is 7.99. The molecule has 1 saturated heterocycles. The van der Waals surface area contributed by atoms with E-state index in [4.69, 9.17) is 4.74 Å². The first-order valence-electron chi connectivity index (χ1n) is 6.11. The molecular weight excluding hydrogens is 246 g/mol. The number of hydrogen-bond acceptors (Lipinski definition) is 3. The van der Waals surface area contributed by atoms with Gasteiger partial charge in [0.2, 0.25) is 0 Å². The van der Waals surface area contributed by atoms with Crippen molar-refractivity contribution in [1.82, 2.24) is 4.90 Å². The first-order valence-corrected chi connectivity index (χ1v) is 7.40. The fraction of sp³-hybridized carbons (Fsp3) is 0.500. The molecule has 1 amide bonds. The van der Waals surface area contributed by atoms with E-state index in [0.29, 0.717) is 11.2 Å². The molecule has 0 aliphatic carbocycles. The van der Waals surface area contributed by atoms with E-state index in [-0.39, 0.29) is 12.1 Å². The monoisotopic (exact) mass is 265 g/mol. The van der Waals surface area contributed by atoms with Crippen LogP contribution in [0.2, 0.25) is 0 Å². The molecular formula is C14H19NO2S. The van der Waals surface area contributed by atoms with Crippen LogP contribution < -0.4 is 0 Å². The first-order chi connectivity index (χ1) is 8.69. The molecule has 1 aliphatic rings. The predicted molar refractivity (Wildman–Crippen MR) is 74.8 cm³/mol. The summed E-state index contributed by atoms with van der Waals surface area (Å²) in [6.45, 7) is 2.97. The molecule has 98 valence electrons.